The lowest BCUT2D eigenvalue weighted by Gasteiger charge is -2.14. The maximum Gasteiger partial charge on any atom is 0.254 e. The molecule has 0 aliphatic rings. The first-order chi connectivity index (χ1) is 13.0. The summed E-state index contributed by atoms with van der Waals surface area (Å²) in [6.07, 6.45) is 0.643. The lowest BCUT2D eigenvalue weighted by molar-refractivity contribution is -0.116. The zero-order valence-electron chi connectivity index (χ0n) is 15.2. The molecule has 6 heteroatoms. The largest absolute Gasteiger partial charge is 0.324 e. The molecule has 1 amide bonds. The average molecular weight is 382 g/mol. The Morgan fingerprint density at radius 2 is 1.89 bits per heavy atom. The molecular weight excluding hydrogens is 362 g/mol. The van der Waals surface area contributed by atoms with Crippen LogP contribution in [0.1, 0.15) is 18.2 Å². The van der Waals surface area contributed by atoms with Gasteiger partial charge in [0.05, 0.1) is 0 Å². The number of amides is 1. The van der Waals surface area contributed by atoms with Gasteiger partial charge in [0, 0.05) is 28.0 Å². The van der Waals surface area contributed by atoms with Crippen molar-refractivity contribution in [2.45, 2.75) is 26.8 Å². The number of carbonyl (C=O) groups excluding carboxylic acids is 1. The maximum absolute atomic E-state index is 12.6. The molecule has 3 aromatic rings. The van der Waals surface area contributed by atoms with Crippen LogP contribution in [0.5, 0.6) is 0 Å². The molecule has 0 fully saturated rings. The van der Waals surface area contributed by atoms with Crippen LogP contribution in [0.15, 0.2) is 59.4 Å². The van der Waals surface area contributed by atoms with E-state index in [9.17, 15) is 9.59 Å². The topological polar surface area (TPSA) is 64.0 Å². The van der Waals surface area contributed by atoms with Crippen LogP contribution in [-0.4, -0.2) is 15.5 Å². The smallest absolute Gasteiger partial charge is 0.254 e. The fraction of sp³-hybridized carbons (Fsp3) is 0.190. The van der Waals surface area contributed by atoms with E-state index in [2.05, 4.69) is 10.3 Å². The molecule has 1 N–H and O–H groups in total. The van der Waals surface area contributed by atoms with Gasteiger partial charge in [-0.1, -0.05) is 54.9 Å². The van der Waals surface area contributed by atoms with Crippen molar-refractivity contribution in [2.75, 3.05) is 5.32 Å². The third kappa shape index (κ3) is 4.44. The van der Waals surface area contributed by atoms with Gasteiger partial charge in [-0.2, -0.15) is 0 Å². The van der Waals surface area contributed by atoms with Crippen molar-refractivity contribution in [3.8, 4) is 11.4 Å². The Bertz CT molecular complexity index is 1030. The molecule has 0 unspecified atom stereocenters. The van der Waals surface area contributed by atoms with Gasteiger partial charge in [-0.15, -0.1) is 0 Å². The number of nitrogens with one attached hydrogen (secondary N) is 1. The number of aromatic nitrogens is 2. The van der Waals surface area contributed by atoms with Crippen molar-refractivity contribution in [3.63, 3.8) is 0 Å². The minimum atomic E-state index is -0.314. The van der Waals surface area contributed by atoms with Crippen LogP contribution in [0.3, 0.4) is 0 Å². The molecule has 0 spiro atoms. The molecule has 0 saturated heterocycles. The van der Waals surface area contributed by atoms with Crippen LogP contribution < -0.4 is 10.9 Å². The first-order valence-electron chi connectivity index (χ1n) is 8.70. The van der Waals surface area contributed by atoms with Gasteiger partial charge in [-0.3, -0.25) is 14.2 Å². The Balaban J connectivity index is 1.95. The van der Waals surface area contributed by atoms with Gasteiger partial charge < -0.3 is 5.32 Å². The van der Waals surface area contributed by atoms with Crippen molar-refractivity contribution in [3.05, 3.63) is 81.2 Å². The van der Waals surface area contributed by atoms with E-state index < -0.39 is 0 Å². The Hall–Kier alpha value is -2.92. The lowest BCUT2D eigenvalue weighted by Crippen LogP contribution is -2.30. The van der Waals surface area contributed by atoms with Crippen molar-refractivity contribution in [2.24, 2.45) is 0 Å². The molecule has 0 aliphatic carbocycles. The lowest BCUT2D eigenvalue weighted by atomic mass is 10.2. The van der Waals surface area contributed by atoms with Crippen molar-refractivity contribution >= 4 is 23.2 Å². The number of aryl methyl sites for hydroxylation is 2. The van der Waals surface area contributed by atoms with Gasteiger partial charge in [0.15, 0.2) is 0 Å². The number of carbonyl (C=O) groups is 1. The fourth-order valence-corrected chi connectivity index (χ4v) is 2.93. The van der Waals surface area contributed by atoms with Gasteiger partial charge in [-0.05, 0) is 31.0 Å². The molecule has 0 aliphatic heterocycles. The number of nitrogens with zero attached hydrogens (tertiary/aromatic N) is 2. The molecule has 3 rings (SSSR count). The first-order valence-corrected chi connectivity index (χ1v) is 9.08. The average Bonchev–Trinajstić information content (AvgIpc) is 2.66. The summed E-state index contributed by atoms with van der Waals surface area (Å²) < 4.78 is 1.39. The van der Waals surface area contributed by atoms with E-state index in [4.69, 9.17) is 11.6 Å². The van der Waals surface area contributed by atoms with Gasteiger partial charge in [-0.25, -0.2) is 4.98 Å². The molecule has 0 radical (unpaired) electrons. The van der Waals surface area contributed by atoms with Crippen molar-refractivity contribution < 1.29 is 4.79 Å². The molecule has 1 aromatic heterocycles. The molecule has 0 saturated carbocycles. The van der Waals surface area contributed by atoms with E-state index in [0.717, 1.165) is 11.1 Å². The quantitative estimate of drug-likeness (QED) is 0.724. The molecule has 138 valence electrons. The van der Waals surface area contributed by atoms with E-state index in [0.29, 0.717) is 28.6 Å². The maximum atomic E-state index is 12.6. The van der Waals surface area contributed by atoms with Crippen LogP contribution in [0.2, 0.25) is 5.02 Å². The zero-order valence-corrected chi connectivity index (χ0v) is 16.0. The number of hydrogen-bond acceptors (Lipinski definition) is 3. The number of rotatable bonds is 5. The van der Waals surface area contributed by atoms with E-state index >= 15 is 0 Å². The summed E-state index contributed by atoms with van der Waals surface area (Å²) in [4.78, 5) is 29.8. The van der Waals surface area contributed by atoms with Gasteiger partial charge in [0.25, 0.3) is 5.56 Å². The summed E-state index contributed by atoms with van der Waals surface area (Å²) in [5.74, 6) is 0.170. The van der Waals surface area contributed by atoms with Crippen LogP contribution in [0.4, 0.5) is 5.69 Å². The number of benzene rings is 2. The van der Waals surface area contributed by atoms with E-state index in [1.54, 1.807) is 12.1 Å². The predicted molar refractivity (Wildman–Crippen MR) is 108 cm³/mol. The second kappa shape index (κ2) is 8.18. The van der Waals surface area contributed by atoms with E-state index in [1.165, 1.54) is 10.6 Å². The Kier molecular flexibility index (Phi) is 5.72. The van der Waals surface area contributed by atoms with E-state index in [-0.39, 0.29) is 18.0 Å². The van der Waals surface area contributed by atoms with Crippen LogP contribution in [0.25, 0.3) is 11.4 Å². The minimum absolute atomic E-state index is 0.133. The molecule has 27 heavy (non-hydrogen) atoms. The first kappa shape index (κ1) is 18.9. The molecule has 2 aromatic carbocycles. The third-order valence-electron chi connectivity index (χ3n) is 4.23. The summed E-state index contributed by atoms with van der Waals surface area (Å²) in [7, 11) is 0. The van der Waals surface area contributed by atoms with Crippen LogP contribution >= 0.6 is 11.6 Å². The summed E-state index contributed by atoms with van der Waals surface area (Å²) in [6, 6.07) is 16.1. The highest BCUT2D eigenvalue weighted by Gasteiger charge is 2.14. The van der Waals surface area contributed by atoms with Gasteiger partial charge in [0.2, 0.25) is 5.91 Å². The normalized spacial score (nSPS) is 10.6. The monoisotopic (exact) mass is 381 g/mol. The highest BCUT2D eigenvalue weighted by molar-refractivity contribution is 6.31. The summed E-state index contributed by atoms with van der Waals surface area (Å²) >= 11 is 6.01. The fourth-order valence-electron chi connectivity index (χ4n) is 2.76. The SMILES string of the molecule is CCc1cc(=O)n(CC(=O)Nc2cc(Cl)ccc2C)c(-c2ccccc2)n1. The number of hydrogen-bond donors (Lipinski definition) is 1. The van der Waals surface area contributed by atoms with Crippen molar-refractivity contribution in [1.82, 2.24) is 9.55 Å². The zero-order chi connectivity index (χ0) is 19.4. The third-order valence-corrected chi connectivity index (χ3v) is 4.47. The van der Waals surface area contributed by atoms with Crippen molar-refractivity contribution in [1.29, 1.82) is 0 Å². The summed E-state index contributed by atoms with van der Waals surface area (Å²) in [5, 5.41) is 3.36. The minimum Gasteiger partial charge on any atom is -0.324 e. The van der Waals surface area contributed by atoms with Crippen LogP contribution in [0, 0.1) is 6.92 Å². The van der Waals surface area contributed by atoms with Gasteiger partial charge >= 0.3 is 0 Å². The second-order valence-electron chi connectivity index (χ2n) is 6.22. The molecular formula is C21H20ClN3O2. The standard InChI is InChI=1S/C21H20ClN3O2/c1-3-17-12-20(27)25(21(23-17)15-7-5-4-6-8-15)13-19(26)24-18-11-16(22)10-9-14(18)2/h4-12H,3,13H2,1-2H3,(H,24,26). The van der Waals surface area contributed by atoms with Crippen LogP contribution in [-0.2, 0) is 17.8 Å². The van der Waals surface area contributed by atoms with Gasteiger partial charge in [0.1, 0.15) is 12.4 Å². The Morgan fingerprint density at radius 3 is 2.59 bits per heavy atom. The molecule has 0 atom stereocenters. The second-order valence-corrected chi connectivity index (χ2v) is 6.66. The summed E-state index contributed by atoms with van der Waals surface area (Å²) in [6.45, 7) is 3.69. The summed E-state index contributed by atoms with van der Waals surface area (Å²) in [5.41, 5.74) is 2.75. The number of anilines is 1. The Labute approximate surface area is 162 Å². The Morgan fingerprint density at radius 1 is 1.15 bits per heavy atom. The number of halogens is 1. The predicted octanol–water partition coefficient (Wildman–Crippen LogP) is 4.07. The molecule has 1 heterocycles. The molecule has 5 nitrogen and oxygen atoms in total. The van der Waals surface area contributed by atoms with E-state index in [1.807, 2.05) is 50.2 Å². The molecule has 0 bridgehead atoms. The highest BCUT2D eigenvalue weighted by Crippen LogP contribution is 2.21. The highest BCUT2D eigenvalue weighted by atomic mass is 35.5.